The van der Waals surface area contributed by atoms with E-state index in [2.05, 4.69) is 10.2 Å². The van der Waals surface area contributed by atoms with E-state index in [0.29, 0.717) is 5.41 Å². The van der Waals surface area contributed by atoms with Gasteiger partial charge in [0.15, 0.2) is 0 Å². The number of rotatable bonds is 4. The Morgan fingerprint density at radius 1 is 1.21 bits per heavy atom. The summed E-state index contributed by atoms with van der Waals surface area (Å²) in [6, 6.07) is 7.47. The van der Waals surface area contributed by atoms with Crippen LogP contribution in [0.15, 0.2) is 36.4 Å². The Kier molecular flexibility index (Phi) is 4.46. The van der Waals surface area contributed by atoms with Crippen LogP contribution in [0.5, 0.6) is 5.75 Å². The average molecular weight is 330 g/mol. The molecule has 1 aromatic carbocycles. The van der Waals surface area contributed by atoms with Gasteiger partial charge in [-0.05, 0) is 43.2 Å². The van der Waals surface area contributed by atoms with Gasteiger partial charge < -0.3 is 20.4 Å². The van der Waals surface area contributed by atoms with E-state index in [0.717, 1.165) is 56.6 Å². The first-order valence-electron chi connectivity index (χ1n) is 8.21. The topological polar surface area (TPSA) is 89.9 Å². The number of aromatic hydroxyl groups is 1. The van der Waals surface area contributed by atoms with Crippen LogP contribution in [0, 0.1) is 5.41 Å². The zero-order chi connectivity index (χ0) is 17.2. The molecule has 1 aromatic rings. The summed E-state index contributed by atoms with van der Waals surface area (Å²) < 4.78 is 0. The fourth-order valence-electron chi connectivity index (χ4n) is 3.82. The molecule has 2 aliphatic rings. The van der Waals surface area contributed by atoms with Crippen molar-refractivity contribution >= 4 is 17.6 Å². The van der Waals surface area contributed by atoms with Crippen LogP contribution in [0.2, 0.25) is 0 Å². The Hall–Kier alpha value is -2.50. The predicted octanol–water partition coefficient (Wildman–Crippen LogP) is 1.90. The van der Waals surface area contributed by atoms with E-state index in [4.69, 9.17) is 5.11 Å². The Morgan fingerprint density at radius 3 is 2.54 bits per heavy atom. The Labute approximate surface area is 140 Å². The molecule has 24 heavy (non-hydrogen) atoms. The van der Waals surface area contributed by atoms with E-state index in [-0.39, 0.29) is 17.7 Å². The summed E-state index contributed by atoms with van der Waals surface area (Å²) in [5.41, 5.74) is 1.34. The first-order chi connectivity index (χ1) is 11.5. The Bertz CT molecular complexity index is 655. The number of nitrogens with zero attached hydrogens (tertiary/aromatic N) is 1. The SMILES string of the molecule is O=C(O)/C=C\C(=O)NC1CC2(CCN(c3cccc(O)c3)CC2)C1. The van der Waals surface area contributed by atoms with Crippen LogP contribution in [0.1, 0.15) is 25.7 Å². The number of hydrogen-bond donors (Lipinski definition) is 3. The van der Waals surface area contributed by atoms with Gasteiger partial charge in [-0.15, -0.1) is 0 Å². The number of anilines is 1. The third-order valence-electron chi connectivity index (χ3n) is 5.10. The van der Waals surface area contributed by atoms with Crippen molar-refractivity contribution in [3.63, 3.8) is 0 Å². The van der Waals surface area contributed by atoms with Crippen molar-refractivity contribution in [3.05, 3.63) is 36.4 Å². The van der Waals surface area contributed by atoms with Gasteiger partial charge in [-0.25, -0.2) is 4.79 Å². The molecule has 3 rings (SSSR count). The molecule has 6 heteroatoms. The minimum Gasteiger partial charge on any atom is -0.508 e. The lowest BCUT2D eigenvalue weighted by Gasteiger charge is -2.52. The van der Waals surface area contributed by atoms with E-state index in [1.54, 1.807) is 12.1 Å². The monoisotopic (exact) mass is 330 g/mol. The highest BCUT2D eigenvalue weighted by Crippen LogP contribution is 2.49. The lowest BCUT2D eigenvalue weighted by Crippen LogP contribution is -2.54. The average Bonchev–Trinajstić information content (AvgIpc) is 2.52. The molecule has 1 saturated heterocycles. The highest BCUT2D eigenvalue weighted by Gasteiger charge is 2.46. The smallest absolute Gasteiger partial charge is 0.328 e. The van der Waals surface area contributed by atoms with Crippen LogP contribution in [0.3, 0.4) is 0 Å². The Balaban J connectivity index is 1.46. The first-order valence-corrected chi connectivity index (χ1v) is 8.21. The van der Waals surface area contributed by atoms with Crippen LogP contribution >= 0.6 is 0 Å². The molecule has 1 heterocycles. The van der Waals surface area contributed by atoms with Gasteiger partial charge in [0.25, 0.3) is 0 Å². The highest BCUT2D eigenvalue weighted by atomic mass is 16.4. The predicted molar refractivity (Wildman–Crippen MR) is 89.9 cm³/mol. The zero-order valence-electron chi connectivity index (χ0n) is 13.4. The molecule has 0 atom stereocenters. The summed E-state index contributed by atoms with van der Waals surface area (Å²) >= 11 is 0. The number of carbonyl (C=O) groups is 2. The van der Waals surface area contributed by atoms with Gasteiger partial charge in [0.2, 0.25) is 5.91 Å². The number of phenols is 1. The molecule has 1 amide bonds. The minimum atomic E-state index is -1.12. The van der Waals surface area contributed by atoms with Gasteiger partial charge in [0.1, 0.15) is 5.75 Å². The summed E-state index contributed by atoms with van der Waals surface area (Å²) in [6.45, 7) is 1.89. The van der Waals surface area contributed by atoms with Crippen molar-refractivity contribution in [2.45, 2.75) is 31.7 Å². The number of carboxylic acids is 1. The molecule has 6 nitrogen and oxygen atoms in total. The lowest BCUT2D eigenvalue weighted by molar-refractivity contribution is -0.131. The summed E-state index contributed by atoms with van der Waals surface area (Å²) in [5, 5.41) is 21.0. The van der Waals surface area contributed by atoms with Crippen molar-refractivity contribution in [2.24, 2.45) is 5.41 Å². The van der Waals surface area contributed by atoms with Crippen LogP contribution < -0.4 is 10.2 Å². The molecule has 2 fully saturated rings. The second kappa shape index (κ2) is 6.55. The van der Waals surface area contributed by atoms with Gasteiger partial charge in [0, 0.05) is 43.0 Å². The van der Waals surface area contributed by atoms with Gasteiger partial charge >= 0.3 is 5.97 Å². The molecule has 0 unspecified atom stereocenters. The minimum absolute atomic E-state index is 0.142. The van der Waals surface area contributed by atoms with Gasteiger partial charge in [-0.1, -0.05) is 6.07 Å². The summed E-state index contributed by atoms with van der Waals surface area (Å²) in [7, 11) is 0. The zero-order valence-corrected chi connectivity index (χ0v) is 13.4. The maximum atomic E-state index is 11.6. The molecule has 1 aliphatic heterocycles. The fourth-order valence-corrected chi connectivity index (χ4v) is 3.82. The number of amides is 1. The van der Waals surface area contributed by atoms with Gasteiger partial charge in [0.05, 0.1) is 0 Å². The van der Waals surface area contributed by atoms with E-state index in [1.165, 1.54) is 0 Å². The summed E-state index contributed by atoms with van der Waals surface area (Å²) in [6.07, 6.45) is 5.97. The summed E-state index contributed by atoms with van der Waals surface area (Å²) in [4.78, 5) is 24.3. The molecule has 3 N–H and O–H groups in total. The molecule has 128 valence electrons. The Morgan fingerprint density at radius 2 is 1.92 bits per heavy atom. The second-order valence-corrected chi connectivity index (χ2v) is 6.79. The highest BCUT2D eigenvalue weighted by molar-refractivity contribution is 5.94. The van der Waals surface area contributed by atoms with Crippen LogP contribution in [-0.4, -0.2) is 41.2 Å². The molecular weight excluding hydrogens is 308 g/mol. The number of nitrogens with one attached hydrogen (secondary N) is 1. The molecule has 1 aliphatic carbocycles. The number of piperidine rings is 1. The largest absolute Gasteiger partial charge is 0.508 e. The maximum absolute atomic E-state index is 11.6. The van der Waals surface area contributed by atoms with Gasteiger partial charge in [-0.2, -0.15) is 0 Å². The molecule has 0 bridgehead atoms. The third kappa shape index (κ3) is 3.69. The van der Waals surface area contributed by atoms with E-state index < -0.39 is 5.97 Å². The number of phenolic OH excluding ortho intramolecular Hbond substituents is 1. The molecule has 0 radical (unpaired) electrons. The number of benzene rings is 1. The maximum Gasteiger partial charge on any atom is 0.328 e. The van der Waals surface area contributed by atoms with Crippen molar-refractivity contribution in [1.82, 2.24) is 5.32 Å². The van der Waals surface area contributed by atoms with E-state index in [1.807, 2.05) is 12.1 Å². The molecule has 1 spiro atoms. The standard InChI is InChI=1S/C18H22N2O4/c21-15-3-1-2-14(10-15)20-8-6-18(7-9-20)11-13(12-18)19-16(22)4-5-17(23)24/h1-5,10,13,21H,6-9,11-12H2,(H,19,22)(H,23,24)/b5-4-. The van der Waals surface area contributed by atoms with Crippen molar-refractivity contribution < 1.29 is 19.8 Å². The number of aliphatic carboxylic acids is 1. The van der Waals surface area contributed by atoms with E-state index >= 15 is 0 Å². The summed E-state index contributed by atoms with van der Waals surface area (Å²) in [5.74, 6) is -1.17. The van der Waals surface area contributed by atoms with Gasteiger partial charge in [-0.3, -0.25) is 4.79 Å². The second-order valence-electron chi connectivity index (χ2n) is 6.79. The van der Waals surface area contributed by atoms with Crippen molar-refractivity contribution in [2.75, 3.05) is 18.0 Å². The van der Waals surface area contributed by atoms with Crippen molar-refractivity contribution in [3.8, 4) is 5.75 Å². The van der Waals surface area contributed by atoms with Crippen LogP contribution in [0.4, 0.5) is 5.69 Å². The number of carboxylic acid groups (broad SMARTS) is 1. The van der Waals surface area contributed by atoms with Crippen molar-refractivity contribution in [1.29, 1.82) is 0 Å². The third-order valence-corrected chi connectivity index (χ3v) is 5.10. The number of hydrogen-bond acceptors (Lipinski definition) is 4. The van der Waals surface area contributed by atoms with Crippen LogP contribution in [-0.2, 0) is 9.59 Å². The molecule has 1 saturated carbocycles. The fraction of sp³-hybridized carbons (Fsp3) is 0.444. The lowest BCUT2D eigenvalue weighted by atomic mass is 9.60. The number of carbonyl (C=O) groups excluding carboxylic acids is 1. The van der Waals surface area contributed by atoms with Crippen LogP contribution in [0.25, 0.3) is 0 Å². The molecular formula is C18H22N2O4. The molecule has 0 aromatic heterocycles. The van der Waals surface area contributed by atoms with E-state index in [9.17, 15) is 14.7 Å². The first kappa shape index (κ1) is 16.4. The quantitative estimate of drug-likeness (QED) is 0.734. The normalized spacial score (nSPS) is 20.1.